The molecule has 1 saturated heterocycles. The molecule has 1 fully saturated rings. The molecule has 4 rings (SSSR count). The second-order valence-corrected chi connectivity index (χ2v) is 8.31. The average molecular weight is 443 g/mol. The third-order valence-corrected chi connectivity index (χ3v) is 6.23. The maximum Gasteiger partial charge on any atom is 0.338 e. The number of phenols is 1. The molecule has 0 bridgehead atoms. The lowest BCUT2D eigenvalue weighted by molar-refractivity contribution is 0.0549. The largest absolute Gasteiger partial charge is 0.508 e. The lowest BCUT2D eigenvalue weighted by Crippen LogP contribution is -2.47. The summed E-state index contributed by atoms with van der Waals surface area (Å²) in [6, 6.07) is 23.9. The van der Waals surface area contributed by atoms with Gasteiger partial charge in [-0.2, -0.15) is 0 Å². The summed E-state index contributed by atoms with van der Waals surface area (Å²) in [6.07, 6.45) is 1.57. The summed E-state index contributed by atoms with van der Waals surface area (Å²) in [6.45, 7) is 9.85. The molecular weight excluding hydrogens is 412 g/mol. The molecule has 1 atom stereocenters. The van der Waals surface area contributed by atoms with Crippen molar-refractivity contribution in [2.45, 2.75) is 13.0 Å². The molecule has 1 aliphatic rings. The van der Waals surface area contributed by atoms with E-state index in [2.05, 4.69) is 47.6 Å². The van der Waals surface area contributed by atoms with Crippen LogP contribution in [0.4, 0.5) is 5.69 Å². The number of benzene rings is 3. The number of piperazine rings is 1. The maximum atomic E-state index is 12.0. The van der Waals surface area contributed by atoms with Crippen LogP contribution in [0.5, 0.6) is 5.75 Å². The van der Waals surface area contributed by atoms with Crippen molar-refractivity contribution in [3.05, 3.63) is 96.6 Å². The second kappa shape index (κ2) is 10.4. The van der Waals surface area contributed by atoms with Crippen LogP contribution in [0.3, 0.4) is 0 Å². The van der Waals surface area contributed by atoms with Gasteiger partial charge in [0.2, 0.25) is 0 Å². The number of rotatable bonds is 7. The summed E-state index contributed by atoms with van der Waals surface area (Å²) >= 11 is 0. The zero-order valence-electron chi connectivity index (χ0n) is 19.0. The summed E-state index contributed by atoms with van der Waals surface area (Å²) in [5.41, 5.74) is 5.08. The van der Waals surface area contributed by atoms with E-state index in [1.54, 1.807) is 18.2 Å². The molecule has 1 N–H and O–H groups in total. The Hall–Kier alpha value is -3.57. The standard InChI is InChI=1S/C28H30N2O3/c1-3-19-33-28(32)24-11-13-26(14-12-24)30-17-15-29(16-18-30)21(2)22-7-9-23(10-8-22)25-5-4-6-27(31)20-25/h3-14,20-21,31H,1,15-19H2,2H3. The first kappa shape index (κ1) is 22.6. The number of phenolic OH excluding ortho intramolecular Hbond substituents is 1. The number of hydrogen-bond donors (Lipinski definition) is 1. The van der Waals surface area contributed by atoms with E-state index < -0.39 is 0 Å². The van der Waals surface area contributed by atoms with E-state index in [0.717, 1.165) is 43.0 Å². The first-order chi connectivity index (χ1) is 16.0. The van der Waals surface area contributed by atoms with E-state index in [4.69, 9.17) is 4.74 Å². The molecule has 33 heavy (non-hydrogen) atoms. The van der Waals surface area contributed by atoms with Crippen LogP contribution >= 0.6 is 0 Å². The van der Waals surface area contributed by atoms with Gasteiger partial charge in [-0.25, -0.2) is 4.79 Å². The Balaban J connectivity index is 1.34. The Morgan fingerprint density at radius 1 is 1.00 bits per heavy atom. The number of carbonyl (C=O) groups is 1. The minimum atomic E-state index is -0.324. The molecule has 3 aromatic rings. The van der Waals surface area contributed by atoms with Gasteiger partial charge >= 0.3 is 5.97 Å². The van der Waals surface area contributed by atoms with Crippen molar-refractivity contribution in [3.8, 4) is 16.9 Å². The van der Waals surface area contributed by atoms with Crippen LogP contribution in [0.1, 0.15) is 28.9 Å². The van der Waals surface area contributed by atoms with Crippen molar-refractivity contribution in [2.75, 3.05) is 37.7 Å². The molecule has 0 spiro atoms. The Morgan fingerprint density at radius 2 is 1.70 bits per heavy atom. The smallest absolute Gasteiger partial charge is 0.338 e. The first-order valence-electron chi connectivity index (χ1n) is 11.3. The fourth-order valence-corrected chi connectivity index (χ4v) is 4.24. The van der Waals surface area contributed by atoms with Crippen LogP contribution in [0, 0.1) is 0 Å². The van der Waals surface area contributed by atoms with Gasteiger partial charge in [0.25, 0.3) is 0 Å². The van der Waals surface area contributed by atoms with E-state index >= 15 is 0 Å². The van der Waals surface area contributed by atoms with Crippen LogP contribution in [0.25, 0.3) is 11.1 Å². The van der Waals surface area contributed by atoms with E-state index in [1.165, 1.54) is 5.56 Å². The Morgan fingerprint density at radius 3 is 2.33 bits per heavy atom. The minimum Gasteiger partial charge on any atom is -0.508 e. The molecule has 3 aromatic carbocycles. The highest BCUT2D eigenvalue weighted by atomic mass is 16.5. The number of anilines is 1. The van der Waals surface area contributed by atoms with Gasteiger partial charge in [-0.1, -0.05) is 49.1 Å². The molecule has 0 radical (unpaired) electrons. The highest BCUT2D eigenvalue weighted by molar-refractivity contribution is 5.89. The van der Waals surface area contributed by atoms with E-state index in [-0.39, 0.29) is 18.3 Å². The number of esters is 1. The number of ether oxygens (including phenoxy) is 1. The zero-order valence-corrected chi connectivity index (χ0v) is 19.0. The molecular formula is C28H30N2O3. The molecule has 170 valence electrons. The molecule has 0 amide bonds. The molecule has 1 aliphatic heterocycles. The van der Waals surface area contributed by atoms with Crippen molar-refractivity contribution < 1.29 is 14.6 Å². The fourth-order valence-electron chi connectivity index (χ4n) is 4.24. The molecule has 1 unspecified atom stereocenters. The van der Waals surface area contributed by atoms with Crippen molar-refractivity contribution in [2.24, 2.45) is 0 Å². The van der Waals surface area contributed by atoms with Crippen LogP contribution < -0.4 is 4.90 Å². The average Bonchev–Trinajstić information content (AvgIpc) is 2.87. The molecule has 5 nitrogen and oxygen atoms in total. The lowest BCUT2D eigenvalue weighted by Gasteiger charge is -2.39. The van der Waals surface area contributed by atoms with Crippen molar-refractivity contribution in [1.29, 1.82) is 0 Å². The highest BCUT2D eigenvalue weighted by Crippen LogP contribution is 2.28. The van der Waals surface area contributed by atoms with Gasteiger partial charge in [0.1, 0.15) is 12.4 Å². The molecule has 0 saturated carbocycles. The molecule has 0 aromatic heterocycles. The van der Waals surface area contributed by atoms with Gasteiger partial charge < -0.3 is 14.7 Å². The summed E-state index contributed by atoms with van der Waals surface area (Å²) in [7, 11) is 0. The van der Waals surface area contributed by atoms with Gasteiger partial charge in [0.05, 0.1) is 5.56 Å². The topological polar surface area (TPSA) is 53.0 Å². The molecule has 1 heterocycles. The third kappa shape index (κ3) is 5.44. The summed E-state index contributed by atoms with van der Waals surface area (Å²) in [5, 5.41) is 9.73. The molecule has 5 heteroatoms. The molecule has 0 aliphatic carbocycles. The summed E-state index contributed by atoms with van der Waals surface area (Å²) in [4.78, 5) is 16.8. The van der Waals surface area contributed by atoms with Crippen LogP contribution in [-0.2, 0) is 4.74 Å². The van der Waals surface area contributed by atoms with Gasteiger partial charge in [0, 0.05) is 37.9 Å². The van der Waals surface area contributed by atoms with Crippen molar-refractivity contribution in [3.63, 3.8) is 0 Å². The Bertz CT molecular complexity index is 1080. The number of carbonyl (C=O) groups excluding carboxylic acids is 1. The number of hydrogen-bond acceptors (Lipinski definition) is 5. The summed E-state index contributed by atoms with van der Waals surface area (Å²) < 4.78 is 5.09. The Kier molecular flexibility index (Phi) is 7.10. The second-order valence-electron chi connectivity index (χ2n) is 8.31. The van der Waals surface area contributed by atoms with E-state index in [9.17, 15) is 9.90 Å². The van der Waals surface area contributed by atoms with Gasteiger partial charge in [-0.3, -0.25) is 4.90 Å². The predicted octanol–water partition coefficient (Wildman–Crippen LogP) is 5.29. The lowest BCUT2D eigenvalue weighted by atomic mass is 10.00. The van der Waals surface area contributed by atoms with Crippen LogP contribution in [-0.4, -0.2) is 48.8 Å². The maximum absolute atomic E-state index is 12.0. The Labute approximate surface area is 195 Å². The predicted molar refractivity (Wildman–Crippen MR) is 133 cm³/mol. The fraction of sp³-hybridized carbons (Fsp3) is 0.250. The van der Waals surface area contributed by atoms with E-state index in [1.807, 2.05) is 36.4 Å². The van der Waals surface area contributed by atoms with Crippen LogP contribution in [0.2, 0.25) is 0 Å². The minimum absolute atomic E-state index is 0.222. The number of nitrogens with zero attached hydrogens (tertiary/aromatic N) is 2. The van der Waals surface area contributed by atoms with Crippen molar-refractivity contribution >= 4 is 11.7 Å². The van der Waals surface area contributed by atoms with Gasteiger partial charge in [-0.15, -0.1) is 0 Å². The number of aromatic hydroxyl groups is 1. The van der Waals surface area contributed by atoms with E-state index in [0.29, 0.717) is 11.6 Å². The monoisotopic (exact) mass is 442 g/mol. The first-order valence-corrected chi connectivity index (χ1v) is 11.3. The third-order valence-electron chi connectivity index (χ3n) is 6.23. The quantitative estimate of drug-likeness (QED) is 0.398. The van der Waals surface area contributed by atoms with Crippen molar-refractivity contribution in [1.82, 2.24) is 4.90 Å². The SMILES string of the molecule is C=CCOC(=O)c1ccc(N2CCN(C(C)c3ccc(-c4cccc(O)c4)cc3)CC2)cc1. The van der Waals surface area contributed by atoms with Crippen LogP contribution in [0.15, 0.2) is 85.5 Å². The summed E-state index contributed by atoms with van der Waals surface area (Å²) in [5.74, 6) is -0.0414. The normalized spacial score (nSPS) is 15.1. The zero-order chi connectivity index (χ0) is 23.2. The highest BCUT2D eigenvalue weighted by Gasteiger charge is 2.22. The van der Waals surface area contributed by atoms with Gasteiger partial charge in [0.15, 0.2) is 0 Å². The van der Waals surface area contributed by atoms with Gasteiger partial charge in [-0.05, 0) is 60.0 Å².